The van der Waals surface area contributed by atoms with Gasteiger partial charge in [0.15, 0.2) is 0 Å². The minimum atomic E-state index is 0.587. The van der Waals surface area contributed by atoms with Crippen LogP contribution in [0, 0.1) is 29.1 Å². The molecule has 1 aliphatic carbocycles. The second kappa shape index (κ2) is 5.38. The van der Waals surface area contributed by atoms with Gasteiger partial charge in [0.2, 0.25) is 0 Å². The van der Waals surface area contributed by atoms with Gasteiger partial charge >= 0.3 is 0 Å². The highest BCUT2D eigenvalue weighted by Gasteiger charge is 2.09. The molecule has 0 radical (unpaired) electrons. The van der Waals surface area contributed by atoms with E-state index in [4.69, 9.17) is 5.26 Å². The lowest BCUT2D eigenvalue weighted by atomic mass is 9.89. The molecule has 80 valence electrons. The van der Waals surface area contributed by atoms with Gasteiger partial charge in [-0.05, 0) is 37.1 Å². The smallest absolute Gasteiger partial charge is 0.0991 e. The zero-order valence-electron chi connectivity index (χ0n) is 9.37. The van der Waals surface area contributed by atoms with Crippen LogP contribution in [0.15, 0.2) is 24.3 Å². The van der Waals surface area contributed by atoms with E-state index < -0.39 is 0 Å². The zero-order valence-corrected chi connectivity index (χ0v) is 9.37. The number of hydrogen-bond donors (Lipinski definition) is 0. The molecule has 1 aliphatic rings. The summed E-state index contributed by atoms with van der Waals surface area (Å²) < 4.78 is 0. The molecular formula is C15H15N. The van der Waals surface area contributed by atoms with E-state index in [0.29, 0.717) is 11.5 Å². The molecule has 0 amide bonds. The van der Waals surface area contributed by atoms with Crippen molar-refractivity contribution in [3.8, 4) is 17.9 Å². The van der Waals surface area contributed by atoms with Crippen LogP contribution in [0.25, 0.3) is 0 Å². The van der Waals surface area contributed by atoms with E-state index >= 15 is 0 Å². The molecule has 1 nitrogen and oxygen atoms in total. The summed E-state index contributed by atoms with van der Waals surface area (Å²) in [4.78, 5) is 0. The van der Waals surface area contributed by atoms with Crippen molar-refractivity contribution in [2.45, 2.75) is 32.1 Å². The molecule has 0 atom stereocenters. The molecule has 16 heavy (non-hydrogen) atoms. The molecule has 0 saturated heterocycles. The molecule has 2 rings (SSSR count). The summed E-state index contributed by atoms with van der Waals surface area (Å²) in [5.41, 5.74) is 1.72. The summed E-state index contributed by atoms with van der Waals surface area (Å²) in [5, 5.41) is 8.68. The molecule has 0 unspecified atom stereocenters. The van der Waals surface area contributed by atoms with Crippen molar-refractivity contribution < 1.29 is 0 Å². The van der Waals surface area contributed by atoms with Crippen LogP contribution >= 0.6 is 0 Å². The highest BCUT2D eigenvalue weighted by molar-refractivity contribution is 5.40. The molecule has 0 bridgehead atoms. The lowest BCUT2D eigenvalue weighted by Crippen LogP contribution is -2.02. The molecule has 1 heteroatoms. The van der Waals surface area contributed by atoms with Crippen LogP contribution in [0.2, 0.25) is 0 Å². The fourth-order valence-corrected chi connectivity index (χ4v) is 2.06. The summed E-state index contributed by atoms with van der Waals surface area (Å²) in [6.45, 7) is 0. The Morgan fingerprint density at radius 1 is 0.938 bits per heavy atom. The largest absolute Gasteiger partial charge is 0.192 e. The summed E-state index contributed by atoms with van der Waals surface area (Å²) >= 11 is 0. The first-order valence-corrected chi connectivity index (χ1v) is 5.90. The molecule has 0 spiro atoms. The average molecular weight is 209 g/mol. The maximum absolute atomic E-state index is 8.68. The quantitative estimate of drug-likeness (QED) is 0.600. The maximum Gasteiger partial charge on any atom is 0.0991 e. The van der Waals surface area contributed by atoms with Gasteiger partial charge in [0.1, 0.15) is 0 Å². The molecule has 0 aromatic heterocycles. The number of rotatable bonds is 0. The Morgan fingerprint density at radius 3 is 2.19 bits per heavy atom. The Bertz CT molecular complexity index is 433. The predicted molar refractivity (Wildman–Crippen MR) is 64.6 cm³/mol. The number of hydrogen-bond acceptors (Lipinski definition) is 1. The Kier molecular flexibility index (Phi) is 3.62. The predicted octanol–water partition coefficient (Wildman–Crippen LogP) is 3.49. The van der Waals surface area contributed by atoms with Crippen molar-refractivity contribution in [1.82, 2.24) is 0 Å². The summed E-state index contributed by atoms with van der Waals surface area (Å²) in [7, 11) is 0. The monoisotopic (exact) mass is 209 g/mol. The van der Waals surface area contributed by atoms with E-state index in [1.54, 1.807) is 0 Å². The van der Waals surface area contributed by atoms with Crippen LogP contribution in [0.3, 0.4) is 0 Å². The van der Waals surface area contributed by atoms with E-state index in [0.717, 1.165) is 5.56 Å². The molecule has 1 aromatic rings. The third-order valence-corrected chi connectivity index (χ3v) is 3.04. The fraction of sp³-hybridized carbons (Fsp3) is 0.400. The lowest BCUT2D eigenvalue weighted by Gasteiger charge is -2.15. The minimum Gasteiger partial charge on any atom is -0.192 e. The van der Waals surface area contributed by atoms with Gasteiger partial charge < -0.3 is 0 Å². The van der Waals surface area contributed by atoms with Crippen LogP contribution in [0.5, 0.6) is 0 Å². The van der Waals surface area contributed by atoms with Crippen LogP contribution in [-0.4, -0.2) is 0 Å². The van der Waals surface area contributed by atoms with Gasteiger partial charge in [-0.2, -0.15) is 5.26 Å². The van der Waals surface area contributed by atoms with E-state index in [9.17, 15) is 0 Å². The molecular weight excluding hydrogens is 194 g/mol. The summed E-state index contributed by atoms with van der Waals surface area (Å²) in [6, 6.07) is 9.61. The maximum atomic E-state index is 8.68. The zero-order chi connectivity index (χ0) is 11.2. The van der Waals surface area contributed by atoms with Crippen molar-refractivity contribution >= 4 is 0 Å². The van der Waals surface area contributed by atoms with Crippen molar-refractivity contribution in [3.63, 3.8) is 0 Å². The van der Waals surface area contributed by atoms with E-state index in [2.05, 4.69) is 17.9 Å². The second-order valence-electron chi connectivity index (χ2n) is 4.29. The topological polar surface area (TPSA) is 23.8 Å². The Morgan fingerprint density at radius 2 is 1.56 bits per heavy atom. The van der Waals surface area contributed by atoms with Crippen molar-refractivity contribution in [2.24, 2.45) is 5.92 Å². The molecule has 0 heterocycles. The third-order valence-electron chi connectivity index (χ3n) is 3.04. The van der Waals surface area contributed by atoms with Gasteiger partial charge in [0.05, 0.1) is 11.6 Å². The van der Waals surface area contributed by atoms with Gasteiger partial charge in [0.25, 0.3) is 0 Å². The average Bonchev–Trinajstić information content (AvgIpc) is 2.38. The highest BCUT2D eigenvalue weighted by Crippen LogP contribution is 2.22. The van der Waals surface area contributed by atoms with Crippen molar-refractivity contribution in [2.75, 3.05) is 0 Å². The van der Waals surface area contributed by atoms with Crippen LogP contribution in [-0.2, 0) is 0 Å². The van der Waals surface area contributed by atoms with E-state index in [-0.39, 0.29) is 0 Å². The second-order valence-corrected chi connectivity index (χ2v) is 4.29. The van der Waals surface area contributed by atoms with Gasteiger partial charge in [-0.25, -0.2) is 0 Å². The van der Waals surface area contributed by atoms with Crippen LogP contribution < -0.4 is 0 Å². The fourth-order valence-electron chi connectivity index (χ4n) is 2.06. The minimum absolute atomic E-state index is 0.587. The van der Waals surface area contributed by atoms with Gasteiger partial charge in [0, 0.05) is 11.5 Å². The van der Waals surface area contributed by atoms with E-state index in [1.165, 1.54) is 32.1 Å². The molecule has 1 saturated carbocycles. The number of nitrogens with zero attached hydrogens (tertiary/aromatic N) is 1. The lowest BCUT2D eigenvalue weighted by molar-refractivity contribution is 0.430. The SMILES string of the molecule is N#Cc1ccc(C#CC2CCCCC2)cc1. The number of nitriles is 1. The molecule has 1 fully saturated rings. The van der Waals surface area contributed by atoms with E-state index in [1.807, 2.05) is 24.3 Å². The molecule has 0 aliphatic heterocycles. The summed E-state index contributed by atoms with van der Waals surface area (Å²) in [6.07, 6.45) is 6.53. The van der Waals surface area contributed by atoms with Crippen molar-refractivity contribution in [1.29, 1.82) is 5.26 Å². The first kappa shape index (κ1) is 10.8. The Hall–Kier alpha value is -1.73. The molecule has 0 N–H and O–H groups in total. The summed E-state index contributed by atoms with van der Waals surface area (Å²) in [5.74, 6) is 7.14. The first-order chi connectivity index (χ1) is 7.88. The normalized spacial score (nSPS) is 15.9. The van der Waals surface area contributed by atoms with Gasteiger partial charge in [-0.15, -0.1) is 0 Å². The van der Waals surface area contributed by atoms with Gasteiger partial charge in [-0.3, -0.25) is 0 Å². The Balaban J connectivity index is 2.02. The standard InChI is InChI=1S/C15H15N/c16-12-15-10-8-14(9-11-15)7-6-13-4-2-1-3-5-13/h8-11,13H,1-5H2. The Labute approximate surface area is 97.1 Å². The number of benzene rings is 1. The highest BCUT2D eigenvalue weighted by atomic mass is 14.2. The van der Waals surface area contributed by atoms with Gasteiger partial charge in [-0.1, -0.05) is 31.1 Å². The van der Waals surface area contributed by atoms with Crippen molar-refractivity contribution in [3.05, 3.63) is 35.4 Å². The first-order valence-electron chi connectivity index (χ1n) is 5.90. The van der Waals surface area contributed by atoms with Crippen LogP contribution in [0.4, 0.5) is 0 Å². The molecule has 1 aromatic carbocycles. The van der Waals surface area contributed by atoms with Crippen LogP contribution in [0.1, 0.15) is 43.2 Å². The third kappa shape index (κ3) is 2.88.